The van der Waals surface area contributed by atoms with Crippen molar-refractivity contribution in [3.8, 4) is 0 Å². The van der Waals surface area contributed by atoms with Gasteiger partial charge in [0.25, 0.3) is 0 Å². The molecule has 1 amide bonds. The first-order valence-electron chi connectivity index (χ1n) is 7.13. The molecule has 0 saturated heterocycles. The highest BCUT2D eigenvalue weighted by molar-refractivity contribution is 5.68. The van der Waals surface area contributed by atoms with Crippen LogP contribution in [-0.4, -0.2) is 30.3 Å². The summed E-state index contributed by atoms with van der Waals surface area (Å²) in [5.41, 5.74) is -0.429. The first kappa shape index (κ1) is 15.3. The first-order valence-corrected chi connectivity index (χ1v) is 7.13. The third-order valence-electron chi connectivity index (χ3n) is 3.22. The van der Waals surface area contributed by atoms with E-state index in [1.165, 1.54) is 25.7 Å². The molecule has 18 heavy (non-hydrogen) atoms. The summed E-state index contributed by atoms with van der Waals surface area (Å²) in [5, 5.41) is 6.45. The standard InChI is InChI=1S/C14H28N2O2/c1-5-11(10-15-12-8-6-7-9-12)16-13(17)18-14(2,3)4/h11-12,15H,5-10H2,1-4H3,(H,16,17). The third kappa shape index (κ3) is 6.24. The van der Waals surface area contributed by atoms with Crippen LogP contribution in [0.15, 0.2) is 0 Å². The molecule has 0 heterocycles. The minimum Gasteiger partial charge on any atom is -0.444 e. The van der Waals surface area contributed by atoms with E-state index < -0.39 is 5.60 Å². The second-order valence-electron chi connectivity index (χ2n) is 6.14. The van der Waals surface area contributed by atoms with Crippen LogP contribution < -0.4 is 10.6 Å². The highest BCUT2D eigenvalue weighted by Crippen LogP contribution is 2.17. The number of amides is 1. The summed E-state index contributed by atoms with van der Waals surface area (Å²) in [4.78, 5) is 11.7. The number of rotatable bonds is 5. The van der Waals surface area contributed by atoms with Crippen molar-refractivity contribution in [1.82, 2.24) is 10.6 Å². The Morgan fingerprint density at radius 2 is 1.94 bits per heavy atom. The lowest BCUT2D eigenvalue weighted by Gasteiger charge is -2.24. The predicted octanol–water partition coefficient (Wildman–Crippen LogP) is 2.82. The zero-order chi connectivity index (χ0) is 13.6. The van der Waals surface area contributed by atoms with Gasteiger partial charge < -0.3 is 15.4 Å². The SMILES string of the molecule is CCC(CNC1CCCC1)NC(=O)OC(C)(C)C. The smallest absolute Gasteiger partial charge is 0.407 e. The molecule has 0 aromatic heterocycles. The van der Waals surface area contributed by atoms with Crippen LogP contribution in [0.1, 0.15) is 59.8 Å². The van der Waals surface area contributed by atoms with Crippen LogP contribution in [0.25, 0.3) is 0 Å². The molecule has 4 nitrogen and oxygen atoms in total. The fourth-order valence-electron chi connectivity index (χ4n) is 2.21. The molecule has 0 aromatic rings. The second kappa shape index (κ2) is 6.98. The molecule has 4 heteroatoms. The molecule has 1 fully saturated rings. The third-order valence-corrected chi connectivity index (χ3v) is 3.22. The van der Waals surface area contributed by atoms with Crippen molar-refractivity contribution in [2.45, 2.75) is 77.5 Å². The lowest BCUT2D eigenvalue weighted by atomic mass is 10.2. The van der Waals surface area contributed by atoms with Crippen LogP contribution in [0.4, 0.5) is 4.79 Å². The van der Waals surface area contributed by atoms with E-state index in [0.29, 0.717) is 6.04 Å². The molecule has 0 bridgehead atoms. The van der Waals surface area contributed by atoms with Gasteiger partial charge in [-0.15, -0.1) is 0 Å². The topological polar surface area (TPSA) is 50.4 Å². The van der Waals surface area contributed by atoms with Crippen LogP contribution in [-0.2, 0) is 4.74 Å². The van der Waals surface area contributed by atoms with Crippen molar-refractivity contribution in [2.24, 2.45) is 0 Å². The molecule has 0 spiro atoms. The van der Waals surface area contributed by atoms with Crippen LogP contribution in [0.5, 0.6) is 0 Å². The molecule has 0 aromatic carbocycles. The number of hydrogen-bond donors (Lipinski definition) is 2. The number of alkyl carbamates (subject to hydrolysis) is 1. The van der Waals surface area contributed by atoms with E-state index in [4.69, 9.17) is 4.74 Å². The van der Waals surface area contributed by atoms with Crippen LogP contribution in [0, 0.1) is 0 Å². The molecular formula is C14H28N2O2. The van der Waals surface area contributed by atoms with Crippen molar-refractivity contribution in [3.63, 3.8) is 0 Å². The predicted molar refractivity (Wildman–Crippen MR) is 73.7 cm³/mol. The molecule has 0 aliphatic heterocycles. The molecule has 1 atom stereocenters. The number of nitrogens with one attached hydrogen (secondary N) is 2. The Hall–Kier alpha value is -0.770. The van der Waals surface area contributed by atoms with Crippen molar-refractivity contribution in [2.75, 3.05) is 6.54 Å². The Balaban J connectivity index is 2.25. The van der Waals surface area contributed by atoms with E-state index in [2.05, 4.69) is 17.6 Å². The summed E-state index contributed by atoms with van der Waals surface area (Å²) in [5.74, 6) is 0. The monoisotopic (exact) mass is 256 g/mol. The molecule has 106 valence electrons. The van der Waals surface area contributed by atoms with Crippen molar-refractivity contribution in [3.05, 3.63) is 0 Å². The number of ether oxygens (including phenoxy) is 1. The summed E-state index contributed by atoms with van der Waals surface area (Å²) >= 11 is 0. The fraction of sp³-hybridized carbons (Fsp3) is 0.929. The molecule has 1 aliphatic carbocycles. The highest BCUT2D eigenvalue weighted by atomic mass is 16.6. The molecule has 1 unspecified atom stereocenters. The van der Waals surface area contributed by atoms with Crippen LogP contribution >= 0.6 is 0 Å². The quantitative estimate of drug-likeness (QED) is 0.795. The van der Waals surface area contributed by atoms with Crippen molar-refractivity contribution in [1.29, 1.82) is 0 Å². The number of carbonyl (C=O) groups is 1. The van der Waals surface area contributed by atoms with Gasteiger partial charge in [-0.25, -0.2) is 4.79 Å². The van der Waals surface area contributed by atoms with Gasteiger partial charge in [0.05, 0.1) is 0 Å². The molecular weight excluding hydrogens is 228 g/mol. The Kier molecular flexibility index (Phi) is 5.93. The summed E-state index contributed by atoms with van der Waals surface area (Å²) in [7, 11) is 0. The number of hydrogen-bond acceptors (Lipinski definition) is 3. The summed E-state index contributed by atoms with van der Waals surface area (Å²) < 4.78 is 5.26. The molecule has 0 radical (unpaired) electrons. The zero-order valence-electron chi connectivity index (χ0n) is 12.2. The average Bonchev–Trinajstić information content (AvgIpc) is 2.74. The molecule has 2 N–H and O–H groups in total. The summed E-state index contributed by atoms with van der Waals surface area (Å²) in [6.45, 7) is 8.55. The summed E-state index contributed by atoms with van der Waals surface area (Å²) in [6, 6.07) is 0.792. The maximum absolute atomic E-state index is 11.7. The molecule has 1 aliphatic rings. The van der Waals surface area contributed by atoms with Crippen LogP contribution in [0.3, 0.4) is 0 Å². The van der Waals surface area contributed by atoms with Gasteiger partial charge in [0, 0.05) is 18.6 Å². The van der Waals surface area contributed by atoms with E-state index in [1.807, 2.05) is 20.8 Å². The largest absolute Gasteiger partial charge is 0.444 e. The lowest BCUT2D eigenvalue weighted by Crippen LogP contribution is -2.45. The lowest BCUT2D eigenvalue weighted by molar-refractivity contribution is 0.0502. The van der Waals surface area contributed by atoms with E-state index in [0.717, 1.165) is 13.0 Å². The second-order valence-corrected chi connectivity index (χ2v) is 6.14. The molecule has 1 rings (SSSR count). The van der Waals surface area contributed by atoms with Gasteiger partial charge in [0.2, 0.25) is 0 Å². The van der Waals surface area contributed by atoms with Gasteiger partial charge >= 0.3 is 6.09 Å². The highest BCUT2D eigenvalue weighted by Gasteiger charge is 2.20. The fourth-order valence-corrected chi connectivity index (χ4v) is 2.21. The minimum atomic E-state index is -0.429. The minimum absolute atomic E-state index is 0.153. The number of carbonyl (C=O) groups excluding carboxylic acids is 1. The van der Waals surface area contributed by atoms with E-state index in [9.17, 15) is 4.79 Å². The van der Waals surface area contributed by atoms with Crippen molar-refractivity contribution >= 4 is 6.09 Å². The Bertz CT molecular complexity index is 255. The average molecular weight is 256 g/mol. The van der Waals surface area contributed by atoms with Gasteiger partial charge in [-0.1, -0.05) is 19.8 Å². The summed E-state index contributed by atoms with van der Waals surface area (Å²) in [6.07, 6.45) is 5.79. The first-order chi connectivity index (χ1) is 8.40. The molecule has 1 saturated carbocycles. The normalized spacial score (nSPS) is 18.7. The van der Waals surface area contributed by atoms with Crippen molar-refractivity contribution < 1.29 is 9.53 Å². The van der Waals surface area contributed by atoms with Gasteiger partial charge in [-0.3, -0.25) is 0 Å². The zero-order valence-corrected chi connectivity index (χ0v) is 12.2. The maximum atomic E-state index is 11.7. The maximum Gasteiger partial charge on any atom is 0.407 e. The van der Waals surface area contributed by atoms with Gasteiger partial charge in [-0.2, -0.15) is 0 Å². The Morgan fingerprint density at radius 1 is 1.33 bits per heavy atom. The van der Waals surface area contributed by atoms with E-state index >= 15 is 0 Å². The Morgan fingerprint density at radius 3 is 2.44 bits per heavy atom. The Labute approximate surface area is 111 Å². The van der Waals surface area contributed by atoms with Gasteiger partial charge in [0.1, 0.15) is 5.60 Å². The van der Waals surface area contributed by atoms with E-state index in [-0.39, 0.29) is 12.1 Å². The van der Waals surface area contributed by atoms with Gasteiger partial charge in [-0.05, 0) is 40.0 Å². The van der Waals surface area contributed by atoms with Crippen LogP contribution in [0.2, 0.25) is 0 Å². The van der Waals surface area contributed by atoms with Gasteiger partial charge in [0.15, 0.2) is 0 Å². The van der Waals surface area contributed by atoms with E-state index in [1.54, 1.807) is 0 Å².